The van der Waals surface area contributed by atoms with Crippen molar-refractivity contribution in [3.05, 3.63) is 83.2 Å². The summed E-state index contributed by atoms with van der Waals surface area (Å²) in [5.41, 5.74) is 3.72. The van der Waals surface area contributed by atoms with Crippen LogP contribution in [0, 0.1) is 6.92 Å². The van der Waals surface area contributed by atoms with Crippen molar-refractivity contribution in [1.82, 2.24) is 15.3 Å². The monoisotopic (exact) mass is 376 g/mol. The van der Waals surface area contributed by atoms with Gasteiger partial charge in [0.2, 0.25) is 5.95 Å². The highest BCUT2D eigenvalue weighted by atomic mass is 16.5. The Morgan fingerprint density at radius 2 is 1.96 bits per heavy atom. The average molecular weight is 376 g/mol. The minimum Gasteiger partial charge on any atom is -0.497 e. The Balaban J connectivity index is 1.54. The molecule has 0 unspecified atom stereocenters. The molecule has 0 fully saturated rings. The lowest BCUT2D eigenvalue weighted by Crippen LogP contribution is -2.24. The first-order valence-electron chi connectivity index (χ1n) is 9.18. The van der Waals surface area contributed by atoms with Gasteiger partial charge in [-0.05, 0) is 48.2 Å². The first kappa shape index (κ1) is 19.4. The van der Waals surface area contributed by atoms with Crippen LogP contribution in [0.1, 0.15) is 27.2 Å². The molecule has 2 aromatic carbocycles. The van der Waals surface area contributed by atoms with Crippen LogP contribution in [0.3, 0.4) is 0 Å². The van der Waals surface area contributed by atoms with Crippen LogP contribution in [0.4, 0.5) is 5.95 Å². The molecule has 0 atom stereocenters. The molecule has 3 rings (SSSR count). The van der Waals surface area contributed by atoms with Crippen molar-refractivity contribution in [3.8, 4) is 5.75 Å². The fraction of sp³-hybridized carbons (Fsp3) is 0.227. The van der Waals surface area contributed by atoms with Crippen LogP contribution in [0.25, 0.3) is 0 Å². The molecule has 0 saturated carbocycles. The third-order valence-corrected chi connectivity index (χ3v) is 4.42. The number of rotatable bonds is 8. The molecule has 0 saturated heterocycles. The summed E-state index contributed by atoms with van der Waals surface area (Å²) in [5.74, 6) is 1.05. The van der Waals surface area contributed by atoms with E-state index >= 15 is 0 Å². The van der Waals surface area contributed by atoms with Gasteiger partial charge in [0, 0.05) is 19.3 Å². The number of nitrogens with zero attached hydrogens (tertiary/aromatic N) is 2. The second kappa shape index (κ2) is 9.50. The number of amides is 1. The van der Waals surface area contributed by atoms with Gasteiger partial charge in [-0.3, -0.25) is 4.79 Å². The summed E-state index contributed by atoms with van der Waals surface area (Å²) in [4.78, 5) is 20.9. The lowest BCUT2D eigenvalue weighted by Gasteiger charge is -2.09. The number of carbonyl (C=O) groups excluding carboxylic acids is 1. The van der Waals surface area contributed by atoms with Crippen LogP contribution in [0.15, 0.2) is 60.8 Å². The standard InChI is InChI=1S/C22H24N4O2/c1-16-6-3-4-8-18(16)15-25-21(27)20-11-13-24-22(26-20)23-12-10-17-7-5-9-19(14-17)28-2/h3-9,11,13-14H,10,12,15H2,1-2H3,(H,25,27)(H,23,24,26). The summed E-state index contributed by atoms with van der Waals surface area (Å²) in [6.45, 7) is 3.14. The van der Waals surface area contributed by atoms with Crippen molar-refractivity contribution in [2.24, 2.45) is 0 Å². The smallest absolute Gasteiger partial charge is 0.270 e. The van der Waals surface area contributed by atoms with E-state index < -0.39 is 0 Å². The SMILES string of the molecule is COc1cccc(CCNc2nccc(C(=O)NCc3ccccc3C)n2)c1. The second-order valence-electron chi connectivity index (χ2n) is 6.40. The van der Waals surface area contributed by atoms with Crippen molar-refractivity contribution in [2.45, 2.75) is 19.9 Å². The first-order chi connectivity index (χ1) is 13.7. The highest BCUT2D eigenvalue weighted by molar-refractivity contribution is 5.92. The summed E-state index contributed by atoms with van der Waals surface area (Å²) in [7, 11) is 1.65. The highest BCUT2D eigenvalue weighted by Gasteiger charge is 2.09. The lowest BCUT2D eigenvalue weighted by atomic mass is 10.1. The molecular weight excluding hydrogens is 352 g/mol. The van der Waals surface area contributed by atoms with E-state index in [0.29, 0.717) is 24.7 Å². The van der Waals surface area contributed by atoms with Crippen molar-refractivity contribution < 1.29 is 9.53 Å². The molecule has 6 heteroatoms. The molecule has 6 nitrogen and oxygen atoms in total. The van der Waals surface area contributed by atoms with E-state index in [1.165, 1.54) is 0 Å². The number of carbonyl (C=O) groups is 1. The summed E-state index contributed by atoms with van der Waals surface area (Å²) in [6.07, 6.45) is 2.38. The molecule has 0 bridgehead atoms. The fourth-order valence-electron chi connectivity index (χ4n) is 2.79. The first-order valence-corrected chi connectivity index (χ1v) is 9.18. The fourth-order valence-corrected chi connectivity index (χ4v) is 2.79. The molecule has 0 aliphatic carbocycles. The lowest BCUT2D eigenvalue weighted by molar-refractivity contribution is 0.0946. The van der Waals surface area contributed by atoms with E-state index in [9.17, 15) is 4.79 Å². The molecule has 0 aliphatic rings. The maximum atomic E-state index is 12.4. The van der Waals surface area contributed by atoms with E-state index in [2.05, 4.69) is 20.6 Å². The van der Waals surface area contributed by atoms with Gasteiger partial charge >= 0.3 is 0 Å². The summed E-state index contributed by atoms with van der Waals surface area (Å²) < 4.78 is 5.23. The molecule has 0 spiro atoms. The van der Waals surface area contributed by atoms with E-state index in [1.807, 2.05) is 55.5 Å². The third kappa shape index (κ3) is 5.30. The van der Waals surface area contributed by atoms with Crippen molar-refractivity contribution >= 4 is 11.9 Å². The van der Waals surface area contributed by atoms with E-state index in [1.54, 1.807) is 19.4 Å². The number of nitrogens with one attached hydrogen (secondary N) is 2. The van der Waals surface area contributed by atoms with Gasteiger partial charge in [0.05, 0.1) is 7.11 Å². The molecule has 0 radical (unpaired) electrons. The van der Waals surface area contributed by atoms with Gasteiger partial charge in [-0.2, -0.15) is 0 Å². The number of ether oxygens (including phenoxy) is 1. The number of hydrogen-bond acceptors (Lipinski definition) is 5. The van der Waals surface area contributed by atoms with Crippen LogP contribution < -0.4 is 15.4 Å². The summed E-state index contributed by atoms with van der Waals surface area (Å²) in [5, 5.41) is 6.07. The van der Waals surface area contributed by atoms with Crippen molar-refractivity contribution in [1.29, 1.82) is 0 Å². The summed E-state index contributed by atoms with van der Waals surface area (Å²) >= 11 is 0. The van der Waals surface area contributed by atoms with Crippen molar-refractivity contribution in [3.63, 3.8) is 0 Å². The predicted octanol–water partition coefficient (Wildman–Crippen LogP) is 3.38. The Kier molecular flexibility index (Phi) is 6.57. The van der Waals surface area contributed by atoms with Gasteiger partial charge in [0.25, 0.3) is 5.91 Å². The molecule has 2 N–H and O–H groups in total. The molecule has 144 valence electrons. The molecular formula is C22H24N4O2. The Bertz CT molecular complexity index is 943. The van der Waals surface area contributed by atoms with E-state index in [4.69, 9.17) is 4.74 Å². The predicted molar refractivity (Wildman–Crippen MR) is 110 cm³/mol. The number of aromatic nitrogens is 2. The molecule has 3 aromatic rings. The average Bonchev–Trinajstić information content (AvgIpc) is 2.73. The van der Waals surface area contributed by atoms with E-state index in [-0.39, 0.29) is 5.91 Å². The maximum absolute atomic E-state index is 12.4. The normalized spacial score (nSPS) is 10.4. The minimum absolute atomic E-state index is 0.221. The summed E-state index contributed by atoms with van der Waals surface area (Å²) in [6, 6.07) is 17.5. The third-order valence-electron chi connectivity index (χ3n) is 4.42. The van der Waals surface area contributed by atoms with E-state index in [0.717, 1.165) is 28.9 Å². The van der Waals surface area contributed by atoms with Crippen LogP contribution in [-0.4, -0.2) is 29.5 Å². The molecule has 1 aromatic heterocycles. The largest absolute Gasteiger partial charge is 0.497 e. The number of methoxy groups -OCH3 is 1. The van der Waals surface area contributed by atoms with Gasteiger partial charge in [-0.1, -0.05) is 36.4 Å². The number of benzene rings is 2. The number of anilines is 1. The van der Waals surface area contributed by atoms with Gasteiger partial charge in [-0.15, -0.1) is 0 Å². The molecule has 28 heavy (non-hydrogen) atoms. The van der Waals surface area contributed by atoms with Gasteiger partial charge in [0.15, 0.2) is 0 Å². The minimum atomic E-state index is -0.221. The molecule has 1 heterocycles. The number of hydrogen-bond donors (Lipinski definition) is 2. The zero-order valence-electron chi connectivity index (χ0n) is 16.1. The van der Waals surface area contributed by atoms with Crippen LogP contribution in [0.5, 0.6) is 5.75 Å². The molecule has 1 amide bonds. The van der Waals surface area contributed by atoms with Crippen LogP contribution in [0.2, 0.25) is 0 Å². The zero-order chi connectivity index (χ0) is 19.8. The molecule has 0 aliphatic heterocycles. The Morgan fingerprint density at radius 3 is 2.79 bits per heavy atom. The Labute approximate surface area is 165 Å². The van der Waals surface area contributed by atoms with Crippen LogP contribution >= 0.6 is 0 Å². The van der Waals surface area contributed by atoms with Gasteiger partial charge < -0.3 is 15.4 Å². The number of aryl methyl sites for hydroxylation is 1. The van der Waals surface area contributed by atoms with Crippen molar-refractivity contribution in [2.75, 3.05) is 19.0 Å². The zero-order valence-corrected chi connectivity index (χ0v) is 16.1. The quantitative estimate of drug-likeness (QED) is 0.630. The van der Waals surface area contributed by atoms with Gasteiger partial charge in [0.1, 0.15) is 11.4 Å². The maximum Gasteiger partial charge on any atom is 0.270 e. The highest BCUT2D eigenvalue weighted by Crippen LogP contribution is 2.13. The topological polar surface area (TPSA) is 76.1 Å². The van der Waals surface area contributed by atoms with Gasteiger partial charge in [-0.25, -0.2) is 9.97 Å². The second-order valence-corrected chi connectivity index (χ2v) is 6.40. The Hall–Kier alpha value is -3.41. The Morgan fingerprint density at radius 1 is 1.11 bits per heavy atom. The van der Waals surface area contributed by atoms with Crippen LogP contribution in [-0.2, 0) is 13.0 Å².